The zero-order valence-corrected chi connectivity index (χ0v) is 16.9. The van der Waals surface area contributed by atoms with Crippen LogP contribution in [0, 0.1) is 6.92 Å². The first-order chi connectivity index (χ1) is 13.9. The summed E-state index contributed by atoms with van der Waals surface area (Å²) in [5.41, 5.74) is 0. The first-order valence-corrected chi connectivity index (χ1v) is 10.8. The Hall–Kier alpha value is -2.78. The largest absolute Gasteiger partial charge is 0.486 e. The lowest BCUT2D eigenvalue weighted by Crippen LogP contribution is -2.50. The fourth-order valence-corrected chi connectivity index (χ4v) is 4.72. The molecule has 154 valence electrons. The van der Waals surface area contributed by atoms with Gasteiger partial charge in [-0.05, 0) is 37.3 Å². The summed E-state index contributed by atoms with van der Waals surface area (Å²) in [6.45, 7) is 3.78. The minimum Gasteiger partial charge on any atom is -0.486 e. The highest BCUT2D eigenvalue weighted by Crippen LogP contribution is 2.33. The molecular formula is C20H22N2O6S. The van der Waals surface area contributed by atoms with Crippen molar-refractivity contribution in [1.29, 1.82) is 0 Å². The van der Waals surface area contributed by atoms with Crippen molar-refractivity contribution < 1.29 is 27.1 Å². The Balaban J connectivity index is 1.39. The van der Waals surface area contributed by atoms with Gasteiger partial charge in [-0.3, -0.25) is 4.79 Å². The number of carbonyl (C=O) groups excluding carboxylic acids is 1. The third-order valence-electron chi connectivity index (χ3n) is 4.85. The van der Waals surface area contributed by atoms with Gasteiger partial charge < -0.3 is 18.8 Å². The van der Waals surface area contributed by atoms with Gasteiger partial charge in [0.25, 0.3) is 0 Å². The Morgan fingerprint density at radius 1 is 1.00 bits per heavy atom. The smallest absolute Gasteiger partial charge is 0.246 e. The Kier molecular flexibility index (Phi) is 5.33. The van der Waals surface area contributed by atoms with Crippen LogP contribution in [0.1, 0.15) is 11.5 Å². The second-order valence-corrected chi connectivity index (χ2v) is 8.75. The maximum Gasteiger partial charge on any atom is 0.246 e. The predicted molar refractivity (Wildman–Crippen MR) is 105 cm³/mol. The molecule has 0 bridgehead atoms. The molecule has 8 nitrogen and oxygen atoms in total. The topological polar surface area (TPSA) is 89.3 Å². The molecule has 4 rings (SSSR count). The van der Waals surface area contributed by atoms with Crippen LogP contribution in [-0.2, 0) is 14.8 Å². The highest BCUT2D eigenvalue weighted by atomic mass is 32.2. The third kappa shape index (κ3) is 4.15. The number of amides is 1. The van der Waals surface area contributed by atoms with Crippen LogP contribution < -0.4 is 9.47 Å². The average molecular weight is 418 g/mol. The number of hydrogen-bond donors (Lipinski definition) is 0. The van der Waals surface area contributed by atoms with Gasteiger partial charge in [-0.1, -0.05) is 0 Å². The molecule has 1 aromatic carbocycles. The predicted octanol–water partition coefficient (Wildman–Crippen LogP) is 1.91. The van der Waals surface area contributed by atoms with Gasteiger partial charge in [0.1, 0.15) is 24.7 Å². The number of furan rings is 1. The zero-order valence-electron chi connectivity index (χ0n) is 16.0. The van der Waals surface area contributed by atoms with Gasteiger partial charge in [-0.15, -0.1) is 0 Å². The number of carbonyl (C=O) groups is 1. The van der Waals surface area contributed by atoms with E-state index in [2.05, 4.69) is 0 Å². The van der Waals surface area contributed by atoms with Gasteiger partial charge >= 0.3 is 0 Å². The standard InChI is InChI=1S/C20H22N2O6S/c1-15-2-3-16(28-15)4-7-20(23)21-8-10-22(11-9-21)29(24,25)17-5-6-18-19(14-17)27-13-12-26-18/h2-7,14H,8-13H2,1H3/b7-4+. The van der Waals surface area contributed by atoms with Crippen molar-refractivity contribution in [2.45, 2.75) is 11.8 Å². The number of nitrogens with zero attached hydrogens (tertiary/aromatic N) is 2. The fraction of sp³-hybridized carbons (Fsp3) is 0.350. The van der Waals surface area contributed by atoms with E-state index in [1.54, 1.807) is 23.1 Å². The number of benzene rings is 1. The normalized spacial score (nSPS) is 17.6. The Bertz CT molecular complexity index is 1030. The maximum absolute atomic E-state index is 13.0. The van der Waals surface area contributed by atoms with Crippen LogP contribution in [0.15, 0.2) is 45.7 Å². The fourth-order valence-electron chi connectivity index (χ4n) is 3.28. The van der Waals surface area contributed by atoms with Crippen molar-refractivity contribution in [2.75, 3.05) is 39.4 Å². The van der Waals surface area contributed by atoms with Crippen LogP contribution >= 0.6 is 0 Å². The van der Waals surface area contributed by atoms with Crippen molar-refractivity contribution in [3.8, 4) is 11.5 Å². The molecule has 0 radical (unpaired) electrons. The van der Waals surface area contributed by atoms with Crippen molar-refractivity contribution in [1.82, 2.24) is 9.21 Å². The van der Waals surface area contributed by atoms with Crippen molar-refractivity contribution in [3.63, 3.8) is 0 Å². The molecule has 1 fully saturated rings. The first-order valence-electron chi connectivity index (χ1n) is 9.37. The maximum atomic E-state index is 13.0. The summed E-state index contributed by atoms with van der Waals surface area (Å²) >= 11 is 0. The molecule has 29 heavy (non-hydrogen) atoms. The van der Waals surface area contributed by atoms with Crippen LogP contribution in [0.2, 0.25) is 0 Å². The molecule has 2 aliphatic rings. The van der Waals surface area contributed by atoms with Gasteiger partial charge in [-0.2, -0.15) is 4.31 Å². The lowest BCUT2D eigenvalue weighted by Gasteiger charge is -2.33. The highest BCUT2D eigenvalue weighted by molar-refractivity contribution is 7.89. The summed E-state index contributed by atoms with van der Waals surface area (Å²) in [5.74, 6) is 2.19. The van der Waals surface area contributed by atoms with E-state index in [0.717, 1.165) is 5.76 Å². The lowest BCUT2D eigenvalue weighted by molar-refractivity contribution is -0.127. The number of sulfonamides is 1. The van der Waals surface area contributed by atoms with Crippen LogP contribution in [0.4, 0.5) is 0 Å². The average Bonchev–Trinajstić information content (AvgIpc) is 3.17. The minimum absolute atomic E-state index is 0.162. The SMILES string of the molecule is Cc1ccc(/C=C/C(=O)N2CCN(S(=O)(=O)c3ccc4c(c3)OCCO4)CC2)o1. The van der Waals surface area contributed by atoms with E-state index in [4.69, 9.17) is 13.9 Å². The zero-order chi connectivity index (χ0) is 20.4. The Morgan fingerprint density at radius 3 is 2.41 bits per heavy atom. The van der Waals surface area contributed by atoms with Crippen LogP contribution in [0.25, 0.3) is 6.08 Å². The molecule has 1 amide bonds. The number of fused-ring (bicyclic) bond motifs is 1. The van der Waals surface area contributed by atoms with Gasteiger partial charge in [0.15, 0.2) is 11.5 Å². The van der Waals surface area contributed by atoms with E-state index in [9.17, 15) is 13.2 Å². The van der Waals surface area contributed by atoms with Gasteiger partial charge in [0, 0.05) is 38.3 Å². The second kappa shape index (κ2) is 7.92. The summed E-state index contributed by atoms with van der Waals surface area (Å²) in [7, 11) is -3.67. The van der Waals surface area contributed by atoms with E-state index < -0.39 is 10.0 Å². The van der Waals surface area contributed by atoms with E-state index in [0.29, 0.717) is 43.6 Å². The molecule has 2 aromatic rings. The van der Waals surface area contributed by atoms with E-state index in [-0.39, 0.29) is 23.9 Å². The Morgan fingerprint density at radius 2 is 1.72 bits per heavy atom. The molecule has 2 aliphatic heterocycles. The minimum atomic E-state index is -3.67. The summed E-state index contributed by atoms with van der Waals surface area (Å²) in [6.07, 6.45) is 3.07. The van der Waals surface area contributed by atoms with Crippen molar-refractivity contribution in [2.24, 2.45) is 0 Å². The number of ether oxygens (including phenoxy) is 2. The lowest BCUT2D eigenvalue weighted by atomic mass is 10.3. The molecule has 0 saturated carbocycles. The first kappa shape index (κ1) is 19.5. The summed E-state index contributed by atoms with van der Waals surface area (Å²) in [6, 6.07) is 8.24. The summed E-state index contributed by atoms with van der Waals surface area (Å²) in [4.78, 5) is 14.2. The Labute approximate surface area is 169 Å². The molecule has 0 N–H and O–H groups in total. The van der Waals surface area contributed by atoms with Crippen molar-refractivity contribution in [3.05, 3.63) is 47.9 Å². The molecule has 0 spiro atoms. The monoisotopic (exact) mass is 418 g/mol. The van der Waals surface area contributed by atoms with Crippen molar-refractivity contribution >= 4 is 22.0 Å². The number of piperazine rings is 1. The number of hydrogen-bond acceptors (Lipinski definition) is 6. The molecular weight excluding hydrogens is 396 g/mol. The quantitative estimate of drug-likeness (QED) is 0.705. The molecule has 0 unspecified atom stereocenters. The molecule has 3 heterocycles. The molecule has 9 heteroatoms. The van der Waals surface area contributed by atoms with Gasteiger partial charge in [-0.25, -0.2) is 8.42 Å². The van der Waals surface area contributed by atoms with Gasteiger partial charge in [0.05, 0.1) is 4.90 Å². The molecule has 1 aromatic heterocycles. The number of aryl methyl sites for hydroxylation is 1. The second-order valence-electron chi connectivity index (χ2n) is 6.82. The highest BCUT2D eigenvalue weighted by Gasteiger charge is 2.30. The summed E-state index contributed by atoms with van der Waals surface area (Å²) < 4.78 is 43.6. The molecule has 0 aliphatic carbocycles. The van der Waals surface area contributed by atoms with Crippen LogP contribution in [0.3, 0.4) is 0 Å². The van der Waals surface area contributed by atoms with E-state index in [1.165, 1.54) is 22.5 Å². The van der Waals surface area contributed by atoms with Gasteiger partial charge in [0.2, 0.25) is 15.9 Å². The van der Waals surface area contributed by atoms with Crippen LogP contribution in [-0.4, -0.2) is 62.9 Å². The number of rotatable bonds is 4. The van der Waals surface area contributed by atoms with E-state index >= 15 is 0 Å². The van der Waals surface area contributed by atoms with Crippen LogP contribution in [0.5, 0.6) is 11.5 Å². The third-order valence-corrected chi connectivity index (χ3v) is 6.75. The molecule has 1 saturated heterocycles. The van der Waals surface area contributed by atoms with E-state index in [1.807, 2.05) is 13.0 Å². The summed E-state index contributed by atoms with van der Waals surface area (Å²) in [5, 5.41) is 0. The molecule has 0 atom stereocenters.